The predicted molar refractivity (Wildman–Crippen MR) is 80.6 cm³/mol. The molecule has 0 radical (unpaired) electrons. The number of nitrogens with one attached hydrogen (secondary N) is 2. The molecule has 4 nitrogen and oxygen atoms in total. The topological polar surface area (TPSA) is 50.4 Å². The minimum absolute atomic E-state index is 0.132. The van der Waals surface area contributed by atoms with E-state index in [1.807, 2.05) is 6.92 Å². The van der Waals surface area contributed by atoms with Gasteiger partial charge >= 0.3 is 0 Å². The second kappa shape index (κ2) is 7.50. The minimum atomic E-state index is -0.132. The van der Waals surface area contributed by atoms with Crippen LogP contribution in [0.2, 0.25) is 5.02 Å². The Balaban J connectivity index is 2.00. The first-order chi connectivity index (χ1) is 9.70. The monoisotopic (exact) mass is 296 g/mol. The van der Waals surface area contributed by atoms with Gasteiger partial charge in [0.25, 0.3) is 5.91 Å². The van der Waals surface area contributed by atoms with Gasteiger partial charge < -0.3 is 15.4 Å². The molecule has 1 heterocycles. The molecule has 20 heavy (non-hydrogen) atoms. The molecule has 0 aliphatic carbocycles. The van der Waals surface area contributed by atoms with Crippen LogP contribution in [-0.2, 0) is 0 Å². The quantitative estimate of drug-likeness (QED) is 0.848. The number of carbonyl (C=O) groups is 1. The summed E-state index contributed by atoms with van der Waals surface area (Å²) >= 11 is 5.97. The number of hydrogen-bond acceptors (Lipinski definition) is 3. The summed E-state index contributed by atoms with van der Waals surface area (Å²) in [5.74, 6) is 0.459. The van der Waals surface area contributed by atoms with Gasteiger partial charge in [-0.2, -0.15) is 0 Å². The molecular weight excluding hydrogens is 276 g/mol. The standard InChI is InChI=1S/C15H21ClN2O2/c1-2-8-20-14-6-5-11(16)9-13(14)15(19)18-10-12-4-3-7-17-12/h5-6,9,12,17H,2-4,7-8,10H2,1H3,(H,18,19). The van der Waals surface area contributed by atoms with Crippen molar-refractivity contribution >= 4 is 17.5 Å². The summed E-state index contributed by atoms with van der Waals surface area (Å²) in [6.07, 6.45) is 3.17. The maximum Gasteiger partial charge on any atom is 0.255 e. The molecule has 1 aliphatic rings. The van der Waals surface area contributed by atoms with Crippen LogP contribution in [0.1, 0.15) is 36.5 Å². The molecule has 1 aliphatic heterocycles. The normalized spacial score (nSPS) is 18.0. The van der Waals surface area contributed by atoms with Gasteiger partial charge in [-0.15, -0.1) is 0 Å². The molecule has 2 rings (SSSR count). The Hall–Kier alpha value is -1.26. The SMILES string of the molecule is CCCOc1ccc(Cl)cc1C(=O)NCC1CCCN1. The summed E-state index contributed by atoms with van der Waals surface area (Å²) in [7, 11) is 0. The minimum Gasteiger partial charge on any atom is -0.493 e. The van der Waals surface area contributed by atoms with Gasteiger partial charge in [0.15, 0.2) is 0 Å². The number of amides is 1. The van der Waals surface area contributed by atoms with Gasteiger partial charge in [-0.1, -0.05) is 18.5 Å². The van der Waals surface area contributed by atoms with E-state index in [1.165, 1.54) is 6.42 Å². The van der Waals surface area contributed by atoms with E-state index in [0.29, 0.717) is 35.5 Å². The van der Waals surface area contributed by atoms with E-state index in [4.69, 9.17) is 16.3 Å². The third kappa shape index (κ3) is 4.12. The van der Waals surface area contributed by atoms with E-state index in [1.54, 1.807) is 18.2 Å². The Morgan fingerprint density at radius 1 is 1.55 bits per heavy atom. The molecule has 0 spiro atoms. The Labute approximate surface area is 124 Å². The fourth-order valence-corrected chi connectivity index (χ4v) is 2.43. The zero-order valence-electron chi connectivity index (χ0n) is 11.7. The smallest absolute Gasteiger partial charge is 0.255 e. The molecule has 2 N–H and O–H groups in total. The average Bonchev–Trinajstić information content (AvgIpc) is 2.96. The van der Waals surface area contributed by atoms with Gasteiger partial charge in [0.2, 0.25) is 0 Å². The van der Waals surface area contributed by atoms with Gasteiger partial charge in [0.1, 0.15) is 5.75 Å². The third-order valence-electron chi connectivity index (χ3n) is 3.32. The number of carbonyl (C=O) groups excluding carboxylic acids is 1. The second-order valence-corrected chi connectivity index (χ2v) is 5.43. The van der Waals surface area contributed by atoms with Crippen molar-refractivity contribution in [3.05, 3.63) is 28.8 Å². The van der Waals surface area contributed by atoms with E-state index >= 15 is 0 Å². The Kier molecular flexibility index (Phi) is 5.68. The first kappa shape index (κ1) is 15.1. The number of halogens is 1. The van der Waals surface area contributed by atoms with E-state index in [-0.39, 0.29) is 5.91 Å². The summed E-state index contributed by atoms with van der Waals surface area (Å²) in [4.78, 5) is 12.3. The van der Waals surface area contributed by atoms with Crippen molar-refractivity contribution in [2.75, 3.05) is 19.7 Å². The zero-order chi connectivity index (χ0) is 14.4. The average molecular weight is 297 g/mol. The van der Waals surface area contributed by atoms with Crippen molar-refractivity contribution < 1.29 is 9.53 Å². The lowest BCUT2D eigenvalue weighted by atomic mass is 10.1. The van der Waals surface area contributed by atoms with E-state index in [0.717, 1.165) is 19.4 Å². The van der Waals surface area contributed by atoms with Crippen LogP contribution in [0.3, 0.4) is 0 Å². The fraction of sp³-hybridized carbons (Fsp3) is 0.533. The molecule has 0 bridgehead atoms. The van der Waals surface area contributed by atoms with Crippen LogP contribution >= 0.6 is 11.6 Å². The van der Waals surface area contributed by atoms with Crippen LogP contribution in [0.25, 0.3) is 0 Å². The Morgan fingerprint density at radius 2 is 2.40 bits per heavy atom. The summed E-state index contributed by atoms with van der Waals surface area (Å²) in [5, 5.41) is 6.84. The predicted octanol–water partition coefficient (Wildman–Crippen LogP) is 2.61. The summed E-state index contributed by atoms with van der Waals surface area (Å²) in [6, 6.07) is 5.52. The number of rotatable bonds is 6. The molecule has 0 saturated carbocycles. The number of hydrogen-bond donors (Lipinski definition) is 2. The molecule has 1 atom stereocenters. The Bertz CT molecular complexity index is 459. The molecule has 1 fully saturated rings. The molecule has 1 amide bonds. The lowest BCUT2D eigenvalue weighted by Crippen LogP contribution is -2.37. The van der Waals surface area contributed by atoms with Crippen LogP contribution < -0.4 is 15.4 Å². The van der Waals surface area contributed by atoms with Crippen molar-refractivity contribution in [2.45, 2.75) is 32.2 Å². The van der Waals surface area contributed by atoms with Crippen molar-refractivity contribution in [2.24, 2.45) is 0 Å². The summed E-state index contributed by atoms with van der Waals surface area (Å²) < 4.78 is 5.60. The van der Waals surface area contributed by atoms with Gasteiger partial charge in [-0.05, 0) is 44.0 Å². The molecule has 1 saturated heterocycles. The van der Waals surface area contributed by atoms with Crippen molar-refractivity contribution in [3.8, 4) is 5.75 Å². The highest BCUT2D eigenvalue weighted by Crippen LogP contribution is 2.23. The molecule has 0 aromatic heterocycles. The maximum atomic E-state index is 12.3. The van der Waals surface area contributed by atoms with Crippen LogP contribution in [0.5, 0.6) is 5.75 Å². The second-order valence-electron chi connectivity index (χ2n) is 4.99. The number of ether oxygens (including phenoxy) is 1. The van der Waals surface area contributed by atoms with Crippen molar-refractivity contribution in [3.63, 3.8) is 0 Å². The summed E-state index contributed by atoms with van der Waals surface area (Å²) in [6.45, 7) is 4.29. The molecule has 1 unspecified atom stereocenters. The highest BCUT2D eigenvalue weighted by Gasteiger charge is 2.17. The van der Waals surface area contributed by atoms with Crippen LogP contribution in [-0.4, -0.2) is 31.6 Å². The van der Waals surface area contributed by atoms with Gasteiger partial charge in [0.05, 0.1) is 12.2 Å². The van der Waals surface area contributed by atoms with Gasteiger partial charge in [-0.3, -0.25) is 4.79 Å². The molecule has 110 valence electrons. The zero-order valence-corrected chi connectivity index (χ0v) is 12.5. The largest absolute Gasteiger partial charge is 0.493 e. The van der Waals surface area contributed by atoms with E-state index in [9.17, 15) is 4.79 Å². The lowest BCUT2D eigenvalue weighted by molar-refractivity contribution is 0.0946. The molecular formula is C15H21ClN2O2. The van der Waals surface area contributed by atoms with Crippen LogP contribution in [0.15, 0.2) is 18.2 Å². The highest BCUT2D eigenvalue weighted by atomic mass is 35.5. The Morgan fingerprint density at radius 3 is 3.10 bits per heavy atom. The third-order valence-corrected chi connectivity index (χ3v) is 3.55. The van der Waals surface area contributed by atoms with Crippen LogP contribution in [0.4, 0.5) is 0 Å². The summed E-state index contributed by atoms with van der Waals surface area (Å²) in [5.41, 5.74) is 0.504. The maximum absolute atomic E-state index is 12.3. The van der Waals surface area contributed by atoms with Crippen molar-refractivity contribution in [1.82, 2.24) is 10.6 Å². The van der Waals surface area contributed by atoms with Gasteiger partial charge in [0, 0.05) is 17.6 Å². The lowest BCUT2D eigenvalue weighted by Gasteiger charge is -2.14. The van der Waals surface area contributed by atoms with Crippen LogP contribution in [0, 0.1) is 0 Å². The molecule has 1 aromatic carbocycles. The van der Waals surface area contributed by atoms with E-state index < -0.39 is 0 Å². The first-order valence-electron chi connectivity index (χ1n) is 7.14. The molecule has 1 aromatic rings. The fourth-order valence-electron chi connectivity index (χ4n) is 2.26. The highest BCUT2D eigenvalue weighted by molar-refractivity contribution is 6.31. The molecule has 5 heteroatoms. The first-order valence-corrected chi connectivity index (χ1v) is 7.52. The van der Waals surface area contributed by atoms with Gasteiger partial charge in [-0.25, -0.2) is 0 Å². The van der Waals surface area contributed by atoms with Crippen molar-refractivity contribution in [1.29, 1.82) is 0 Å². The van der Waals surface area contributed by atoms with E-state index in [2.05, 4.69) is 10.6 Å². The number of benzene rings is 1.